The molecule has 0 saturated carbocycles. The van der Waals surface area contributed by atoms with Gasteiger partial charge in [0.15, 0.2) is 6.61 Å². The number of nitrogens with one attached hydrogen (secondary N) is 3. The largest absolute Gasteiger partial charge is 0.484 e. The number of benzene rings is 2. The van der Waals surface area contributed by atoms with E-state index in [0.717, 1.165) is 4.47 Å². The molecule has 0 fully saturated rings. The highest BCUT2D eigenvalue weighted by atomic mass is 79.9. The van der Waals surface area contributed by atoms with Gasteiger partial charge in [0.2, 0.25) is 0 Å². The molecular weight excluding hydrogens is 467 g/mol. The SMILES string of the molecule is CC(NC(=O)NCCNC(=O)c1ccc(Br)cc1)c1ccc(OCC(F)(F)F)cc1. The third-order valence-corrected chi connectivity index (χ3v) is 4.46. The number of urea groups is 1. The predicted molar refractivity (Wildman–Crippen MR) is 109 cm³/mol. The van der Waals surface area contributed by atoms with Crippen LogP contribution in [0, 0.1) is 0 Å². The molecule has 0 saturated heterocycles. The molecule has 0 aliphatic heterocycles. The van der Waals surface area contributed by atoms with Crippen LogP contribution in [-0.4, -0.2) is 37.8 Å². The smallest absolute Gasteiger partial charge is 0.422 e. The summed E-state index contributed by atoms with van der Waals surface area (Å²) in [5.41, 5.74) is 1.21. The molecule has 2 rings (SSSR count). The van der Waals surface area contributed by atoms with Gasteiger partial charge in [-0.15, -0.1) is 0 Å². The van der Waals surface area contributed by atoms with Crippen molar-refractivity contribution in [2.75, 3.05) is 19.7 Å². The van der Waals surface area contributed by atoms with Crippen LogP contribution in [0.15, 0.2) is 53.0 Å². The number of hydrogen-bond acceptors (Lipinski definition) is 3. The fourth-order valence-electron chi connectivity index (χ4n) is 2.40. The van der Waals surface area contributed by atoms with E-state index in [4.69, 9.17) is 0 Å². The normalized spacial score (nSPS) is 12.0. The van der Waals surface area contributed by atoms with E-state index in [1.54, 1.807) is 43.3 Å². The van der Waals surface area contributed by atoms with Crippen LogP contribution < -0.4 is 20.7 Å². The first-order chi connectivity index (χ1) is 14.1. The van der Waals surface area contributed by atoms with Crippen molar-refractivity contribution in [3.05, 3.63) is 64.1 Å². The van der Waals surface area contributed by atoms with Crippen LogP contribution in [0.2, 0.25) is 0 Å². The molecule has 162 valence electrons. The first kappa shape index (κ1) is 23.5. The molecule has 30 heavy (non-hydrogen) atoms. The molecule has 0 bridgehead atoms. The molecule has 3 N–H and O–H groups in total. The highest BCUT2D eigenvalue weighted by Crippen LogP contribution is 2.21. The van der Waals surface area contributed by atoms with Gasteiger partial charge in [0.1, 0.15) is 5.75 Å². The number of alkyl halides is 3. The quantitative estimate of drug-likeness (QED) is 0.488. The highest BCUT2D eigenvalue weighted by molar-refractivity contribution is 9.10. The lowest BCUT2D eigenvalue weighted by Gasteiger charge is -2.16. The molecule has 3 amide bonds. The Balaban J connectivity index is 1.70. The van der Waals surface area contributed by atoms with Gasteiger partial charge in [-0.05, 0) is 48.9 Å². The zero-order chi connectivity index (χ0) is 22.1. The lowest BCUT2D eigenvalue weighted by molar-refractivity contribution is -0.153. The fourth-order valence-corrected chi connectivity index (χ4v) is 2.67. The Kier molecular flexibility index (Phi) is 8.52. The number of ether oxygens (including phenoxy) is 1. The van der Waals surface area contributed by atoms with Crippen molar-refractivity contribution in [3.8, 4) is 5.75 Å². The number of carbonyl (C=O) groups excluding carboxylic acids is 2. The second kappa shape index (κ2) is 10.9. The monoisotopic (exact) mass is 487 g/mol. The van der Waals surface area contributed by atoms with Crippen molar-refractivity contribution in [2.45, 2.75) is 19.1 Å². The van der Waals surface area contributed by atoms with Crippen LogP contribution in [-0.2, 0) is 0 Å². The Bertz CT molecular complexity index is 843. The van der Waals surface area contributed by atoms with Crippen LogP contribution in [0.1, 0.15) is 28.9 Å². The number of rotatable bonds is 8. The molecule has 0 aromatic heterocycles. The van der Waals surface area contributed by atoms with Crippen LogP contribution >= 0.6 is 15.9 Å². The maximum Gasteiger partial charge on any atom is 0.422 e. The molecule has 0 radical (unpaired) electrons. The van der Waals surface area contributed by atoms with E-state index in [2.05, 4.69) is 36.6 Å². The molecule has 2 aromatic rings. The van der Waals surface area contributed by atoms with Crippen LogP contribution in [0.5, 0.6) is 5.75 Å². The molecule has 1 unspecified atom stereocenters. The van der Waals surface area contributed by atoms with Crippen molar-refractivity contribution in [1.82, 2.24) is 16.0 Å². The lowest BCUT2D eigenvalue weighted by atomic mass is 10.1. The van der Waals surface area contributed by atoms with Gasteiger partial charge < -0.3 is 20.7 Å². The third kappa shape index (κ3) is 8.32. The minimum absolute atomic E-state index is 0.0919. The fraction of sp³-hybridized carbons (Fsp3) is 0.300. The number of hydrogen-bond donors (Lipinski definition) is 3. The van der Waals surface area contributed by atoms with Crippen LogP contribution in [0.3, 0.4) is 0 Å². The van der Waals surface area contributed by atoms with Crippen molar-refractivity contribution in [1.29, 1.82) is 0 Å². The average Bonchev–Trinajstić information content (AvgIpc) is 2.70. The summed E-state index contributed by atoms with van der Waals surface area (Å²) in [5, 5.41) is 8.03. The second-order valence-electron chi connectivity index (χ2n) is 6.36. The standard InChI is InChI=1S/C20H21BrF3N3O3/c1-13(14-4-8-17(9-5-14)30-12-20(22,23)24)27-19(29)26-11-10-25-18(28)15-2-6-16(21)7-3-15/h2-9,13H,10-12H2,1H3,(H,25,28)(H2,26,27,29). The third-order valence-electron chi connectivity index (χ3n) is 3.93. The molecule has 6 nitrogen and oxygen atoms in total. The van der Waals surface area contributed by atoms with Crippen molar-refractivity contribution in [2.24, 2.45) is 0 Å². The second-order valence-corrected chi connectivity index (χ2v) is 7.27. The highest BCUT2D eigenvalue weighted by Gasteiger charge is 2.28. The number of carbonyl (C=O) groups is 2. The van der Waals surface area contributed by atoms with E-state index in [1.807, 2.05) is 0 Å². The Labute approximate surface area is 180 Å². The molecule has 10 heteroatoms. The Morgan fingerprint density at radius 1 is 1.00 bits per heavy atom. The molecule has 0 heterocycles. The lowest BCUT2D eigenvalue weighted by Crippen LogP contribution is -2.41. The summed E-state index contributed by atoms with van der Waals surface area (Å²) >= 11 is 3.29. The molecule has 0 aliphatic rings. The van der Waals surface area contributed by atoms with Gasteiger partial charge >= 0.3 is 12.2 Å². The first-order valence-electron chi connectivity index (χ1n) is 9.02. The summed E-state index contributed by atoms with van der Waals surface area (Å²) in [6.07, 6.45) is -4.40. The van der Waals surface area contributed by atoms with Gasteiger partial charge in [-0.2, -0.15) is 13.2 Å². The van der Waals surface area contributed by atoms with E-state index in [1.165, 1.54) is 12.1 Å². The van der Waals surface area contributed by atoms with E-state index in [-0.39, 0.29) is 30.8 Å². The van der Waals surface area contributed by atoms with Gasteiger partial charge in [-0.1, -0.05) is 28.1 Å². The van der Waals surface area contributed by atoms with Crippen LogP contribution in [0.25, 0.3) is 0 Å². The summed E-state index contributed by atoms with van der Waals surface area (Å²) < 4.78 is 42.0. The molecule has 2 aromatic carbocycles. The summed E-state index contributed by atoms with van der Waals surface area (Å²) in [6.45, 7) is 0.856. The van der Waals surface area contributed by atoms with Gasteiger partial charge in [0.05, 0.1) is 6.04 Å². The van der Waals surface area contributed by atoms with Crippen molar-refractivity contribution < 1.29 is 27.5 Å². The van der Waals surface area contributed by atoms with E-state index in [0.29, 0.717) is 11.1 Å². The zero-order valence-electron chi connectivity index (χ0n) is 16.1. The summed E-state index contributed by atoms with van der Waals surface area (Å²) in [5.74, 6) is -0.153. The van der Waals surface area contributed by atoms with Gasteiger partial charge in [0, 0.05) is 23.1 Å². The molecule has 1 atom stereocenters. The predicted octanol–water partition coefficient (Wildman–Crippen LogP) is 4.18. The number of halogens is 4. The Hall–Kier alpha value is -2.75. The van der Waals surface area contributed by atoms with Crippen LogP contribution in [0.4, 0.5) is 18.0 Å². The topological polar surface area (TPSA) is 79.5 Å². The minimum atomic E-state index is -4.40. The molecule has 0 spiro atoms. The minimum Gasteiger partial charge on any atom is -0.484 e. The molecular formula is C20H21BrF3N3O3. The first-order valence-corrected chi connectivity index (χ1v) is 9.81. The maximum atomic E-state index is 12.2. The Morgan fingerprint density at radius 2 is 1.60 bits per heavy atom. The average molecular weight is 488 g/mol. The Morgan fingerprint density at radius 3 is 2.20 bits per heavy atom. The number of amides is 3. The van der Waals surface area contributed by atoms with Gasteiger partial charge in [-0.25, -0.2) is 4.79 Å². The maximum absolute atomic E-state index is 12.2. The van der Waals surface area contributed by atoms with Gasteiger partial charge in [0.25, 0.3) is 5.91 Å². The van der Waals surface area contributed by atoms with E-state index >= 15 is 0 Å². The summed E-state index contributed by atoms with van der Waals surface area (Å²) in [4.78, 5) is 23.9. The van der Waals surface area contributed by atoms with E-state index < -0.39 is 18.8 Å². The summed E-state index contributed by atoms with van der Waals surface area (Å²) in [6, 6.07) is 12.1. The zero-order valence-corrected chi connectivity index (χ0v) is 17.6. The van der Waals surface area contributed by atoms with Crippen molar-refractivity contribution >= 4 is 27.9 Å². The van der Waals surface area contributed by atoms with Gasteiger partial charge in [-0.3, -0.25) is 4.79 Å². The summed E-state index contributed by atoms with van der Waals surface area (Å²) in [7, 11) is 0. The van der Waals surface area contributed by atoms with E-state index in [9.17, 15) is 22.8 Å². The van der Waals surface area contributed by atoms with Crippen molar-refractivity contribution in [3.63, 3.8) is 0 Å². The molecule has 0 aliphatic carbocycles.